The van der Waals surface area contributed by atoms with Crippen LogP contribution < -0.4 is 4.74 Å². The van der Waals surface area contributed by atoms with Gasteiger partial charge in [0.05, 0.1) is 11.0 Å². The van der Waals surface area contributed by atoms with E-state index in [1.54, 1.807) is 12.3 Å². The van der Waals surface area contributed by atoms with E-state index in [2.05, 4.69) is 22.7 Å². The number of ketones is 1. The fourth-order valence-electron chi connectivity index (χ4n) is 3.31. The highest BCUT2D eigenvalue weighted by Gasteiger charge is 2.32. The third kappa shape index (κ3) is 8.32. The quantitative estimate of drug-likeness (QED) is 0.273. The summed E-state index contributed by atoms with van der Waals surface area (Å²) in [4.78, 5) is 26.9. The Morgan fingerprint density at radius 3 is 3.00 bits per heavy atom. The number of thioether (sulfide) groups is 1. The lowest BCUT2D eigenvalue weighted by Crippen LogP contribution is -2.19. The van der Waals surface area contributed by atoms with Crippen molar-refractivity contribution in [3.05, 3.63) is 29.7 Å². The van der Waals surface area contributed by atoms with Crippen LogP contribution in [0.1, 0.15) is 52.4 Å². The van der Waals surface area contributed by atoms with Crippen LogP contribution in [0.5, 0.6) is 5.88 Å². The lowest BCUT2D eigenvalue weighted by Gasteiger charge is -2.18. The van der Waals surface area contributed by atoms with E-state index >= 15 is 0 Å². The highest BCUT2D eigenvalue weighted by molar-refractivity contribution is 8.01. The minimum absolute atomic E-state index is 0.00552. The summed E-state index contributed by atoms with van der Waals surface area (Å²) in [5.41, 5.74) is -0.861. The molecule has 2 rings (SSSR count). The fraction of sp³-hybridized carbons (Fsp3) is 0.571. The molecule has 3 atom stereocenters. The molecule has 1 saturated carbocycles. The summed E-state index contributed by atoms with van der Waals surface area (Å²) in [6.07, 6.45) is 11.3. The summed E-state index contributed by atoms with van der Waals surface area (Å²) >= 11 is 2.84. The molecule has 0 bridgehead atoms. The van der Waals surface area contributed by atoms with Crippen molar-refractivity contribution in [2.24, 2.45) is 11.8 Å². The lowest BCUT2D eigenvalue weighted by molar-refractivity contribution is -0.121. The molecule has 0 spiro atoms. The maximum Gasteiger partial charge on any atom is 0.512 e. The highest BCUT2D eigenvalue weighted by Crippen LogP contribution is 2.35. The van der Waals surface area contributed by atoms with Gasteiger partial charge in [0.25, 0.3) is 0 Å². The van der Waals surface area contributed by atoms with Gasteiger partial charge in [-0.2, -0.15) is 4.98 Å². The number of rotatable bonds is 11. The van der Waals surface area contributed by atoms with E-state index in [-0.39, 0.29) is 17.7 Å². The zero-order valence-corrected chi connectivity index (χ0v) is 18.5. The van der Waals surface area contributed by atoms with Crippen molar-refractivity contribution in [3.63, 3.8) is 0 Å². The van der Waals surface area contributed by atoms with Crippen LogP contribution in [0.4, 0.5) is 4.79 Å². The number of Topliss-reactive ketones (excluding diaryl/α,β-unsaturated/α-hetero) is 1. The Balaban J connectivity index is 1.82. The first kappa shape index (κ1) is 23.6. The Bertz CT molecular complexity index is 741. The fourth-order valence-corrected chi connectivity index (χ4v) is 5.12. The molecule has 8 heteroatoms. The Morgan fingerprint density at radius 1 is 1.48 bits per heavy atom. The summed E-state index contributed by atoms with van der Waals surface area (Å²) in [5, 5.41) is 20.6. The number of hydrogen-bond acceptors (Lipinski definition) is 7. The molecular weight excluding hydrogens is 410 g/mol. The number of carbonyl (C=O) groups is 2. The molecule has 29 heavy (non-hydrogen) atoms. The minimum Gasteiger partial charge on any atom is -0.449 e. The van der Waals surface area contributed by atoms with Gasteiger partial charge in [0.15, 0.2) is 4.34 Å². The molecule has 1 heterocycles. The topological polar surface area (TPSA) is 96.7 Å². The van der Waals surface area contributed by atoms with Crippen LogP contribution in [0.3, 0.4) is 0 Å². The molecule has 1 aromatic rings. The van der Waals surface area contributed by atoms with Gasteiger partial charge in [-0.15, -0.1) is 11.3 Å². The van der Waals surface area contributed by atoms with Crippen molar-refractivity contribution in [1.82, 2.24) is 4.98 Å². The monoisotopic (exact) mass is 439 g/mol. The Morgan fingerprint density at radius 2 is 2.28 bits per heavy atom. The van der Waals surface area contributed by atoms with E-state index in [1.165, 1.54) is 23.1 Å². The molecule has 0 radical (unpaired) electrons. The third-order valence-electron chi connectivity index (χ3n) is 4.81. The summed E-state index contributed by atoms with van der Waals surface area (Å²) in [6.45, 7) is 3.90. The van der Waals surface area contributed by atoms with Crippen LogP contribution in [0.2, 0.25) is 0 Å². The number of ether oxygens (including phenoxy) is 1. The number of aromatic nitrogens is 1. The Labute approximate surface area is 180 Å². The van der Waals surface area contributed by atoms with Crippen LogP contribution in [-0.4, -0.2) is 38.5 Å². The number of allylic oxidation sites excluding steroid dienone is 2. The van der Waals surface area contributed by atoms with Gasteiger partial charge in [-0.25, -0.2) is 4.79 Å². The van der Waals surface area contributed by atoms with Gasteiger partial charge in [0, 0.05) is 18.1 Å². The summed E-state index contributed by atoms with van der Waals surface area (Å²) in [6, 6.07) is 0. The van der Waals surface area contributed by atoms with Crippen LogP contribution in [-0.2, 0) is 4.79 Å². The van der Waals surface area contributed by atoms with Crippen molar-refractivity contribution in [1.29, 1.82) is 0 Å². The first-order chi connectivity index (χ1) is 13.8. The molecule has 1 unspecified atom stereocenters. The van der Waals surface area contributed by atoms with Crippen molar-refractivity contribution < 1.29 is 24.5 Å². The molecule has 1 aliphatic rings. The second-order valence-electron chi connectivity index (χ2n) is 7.41. The zero-order valence-electron chi connectivity index (χ0n) is 16.9. The number of thiazole rings is 1. The molecular formula is C21H29NO5S2. The van der Waals surface area contributed by atoms with Gasteiger partial charge in [-0.05, 0) is 38.5 Å². The Kier molecular flexibility index (Phi) is 9.39. The van der Waals surface area contributed by atoms with Crippen LogP contribution in [0.25, 0.3) is 0 Å². The van der Waals surface area contributed by atoms with Gasteiger partial charge in [-0.1, -0.05) is 49.4 Å². The van der Waals surface area contributed by atoms with Gasteiger partial charge >= 0.3 is 6.16 Å². The predicted molar refractivity (Wildman–Crippen MR) is 116 cm³/mol. The normalized spacial score (nSPS) is 21.8. The number of carboxylic acid groups (broad SMARTS) is 1. The number of hydrogen-bond donors (Lipinski definition) is 2. The highest BCUT2D eigenvalue weighted by atomic mass is 32.2. The van der Waals surface area contributed by atoms with E-state index in [0.717, 1.165) is 35.8 Å². The number of carbonyl (C=O) groups excluding carboxylic acids is 1. The van der Waals surface area contributed by atoms with E-state index in [4.69, 9.17) is 5.11 Å². The van der Waals surface area contributed by atoms with Crippen LogP contribution >= 0.6 is 23.1 Å². The van der Waals surface area contributed by atoms with E-state index in [9.17, 15) is 14.7 Å². The smallest absolute Gasteiger partial charge is 0.449 e. The minimum atomic E-state index is -1.38. The second kappa shape index (κ2) is 11.5. The lowest BCUT2D eigenvalue weighted by atomic mass is 9.91. The molecule has 2 N–H and O–H groups in total. The van der Waals surface area contributed by atoms with E-state index in [1.807, 2.05) is 18.2 Å². The first-order valence-electron chi connectivity index (χ1n) is 9.89. The van der Waals surface area contributed by atoms with Gasteiger partial charge in [0.1, 0.15) is 5.78 Å². The molecule has 1 aliphatic carbocycles. The molecule has 6 nitrogen and oxygen atoms in total. The standard InChI is InChI=1S/C21H29NO5S2/c1-3-4-5-11-21(2,26)12-6-7-15-8-9-17(23)16(15)10-13-28-19-22-18(14-29-19)27-20(24)25/h5-7,11,14-16,26H,3-4,8-10,12-13H2,1-2H3,(H,24,25)/b7-6+,11-5+/t15-,16+,21?/m0/s1. The van der Waals surface area contributed by atoms with Crippen LogP contribution in [0.15, 0.2) is 34.0 Å². The van der Waals surface area contributed by atoms with E-state index in [0.29, 0.717) is 18.6 Å². The van der Waals surface area contributed by atoms with Crippen molar-refractivity contribution >= 4 is 35.0 Å². The van der Waals surface area contributed by atoms with Crippen molar-refractivity contribution in [2.75, 3.05) is 5.75 Å². The summed E-state index contributed by atoms with van der Waals surface area (Å²) < 4.78 is 5.26. The van der Waals surface area contributed by atoms with Gasteiger partial charge in [0.2, 0.25) is 5.88 Å². The molecule has 0 amide bonds. The molecule has 1 fully saturated rings. The average Bonchev–Trinajstić information content (AvgIpc) is 3.22. The molecule has 0 aromatic carbocycles. The first-order valence-corrected chi connectivity index (χ1v) is 11.8. The molecule has 0 aliphatic heterocycles. The molecule has 0 saturated heterocycles. The predicted octanol–water partition coefficient (Wildman–Crippen LogP) is 5.33. The Hall–Kier alpha value is -1.64. The second-order valence-corrected chi connectivity index (χ2v) is 9.61. The summed E-state index contributed by atoms with van der Waals surface area (Å²) in [5.74, 6) is 1.32. The molecule has 1 aromatic heterocycles. The maximum absolute atomic E-state index is 12.3. The van der Waals surface area contributed by atoms with Gasteiger partial charge in [-0.3, -0.25) is 4.79 Å². The zero-order chi connectivity index (χ0) is 21.3. The largest absolute Gasteiger partial charge is 0.512 e. The molecule has 160 valence electrons. The SMILES string of the molecule is CCC/C=C/C(C)(O)C/C=C/[C@H]1CCC(=O)[C@@H]1CCSc1nc(OC(=O)O)cs1. The van der Waals surface area contributed by atoms with Crippen molar-refractivity contribution in [2.45, 2.75) is 62.3 Å². The van der Waals surface area contributed by atoms with Crippen molar-refractivity contribution in [3.8, 4) is 5.88 Å². The average molecular weight is 440 g/mol. The summed E-state index contributed by atoms with van der Waals surface area (Å²) in [7, 11) is 0. The third-order valence-corrected chi connectivity index (χ3v) is 6.84. The van der Waals surface area contributed by atoms with Crippen LogP contribution in [0, 0.1) is 11.8 Å². The number of unbranched alkanes of at least 4 members (excludes halogenated alkanes) is 1. The number of nitrogens with zero attached hydrogens (tertiary/aromatic N) is 1. The van der Waals surface area contributed by atoms with E-state index < -0.39 is 11.8 Å². The number of aliphatic hydroxyl groups is 1. The van der Waals surface area contributed by atoms with Gasteiger partial charge < -0.3 is 14.9 Å². The maximum atomic E-state index is 12.3.